The van der Waals surface area contributed by atoms with E-state index in [9.17, 15) is 10.4 Å². The summed E-state index contributed by atoms with van der Waals surface area (Å²) in [5.41, 5.74) is 1.93. The van der Waals surface area contributed by atoms with Gasteiger partial charge in [0.1, 0.15) is 21.7 Å². The van der Waals surface area contributed by atoms with Crippen molar-refractivity contribution in [1.29, 1.82) is 5.26 Å². The van der Waals surface area contributed by atoms with Crippen molar-refractivity contribution in [2.75, 3.05) is 18.8 Å². The third-order valence-corrected chi connectivity index (χ3v) is 5.64. The molecule has 1 saturated heterocycles. The number of aliphatic hydroxyl groups excluding tert-OH is 1. The topological polar surface area (TPSA) is 65.1 Å². The second kappa shape index (κ2) is 7.24. The molecule has 1 N–H and O–H groups in total. The molecule has 0 aliphatic carbocycles. The van der Waals surface area contributed by atoms with Crippen LogP contribution in [0.25, 0.3) is 16.6 Å². The maximum atomic E-state index is 10.4. The van der Waals surface area contributed by atoms with Gasteiger partial charge in [0.25, 0.3) is 0 Å². The third kappa shape index (κ3) is 3.25. The molecular weight excluding hydrogens is 340 g/mol. The highest BCUT2D eigenvalue weighted by atomic mass is 32.2. The summed E-state index contributed by atoms with van der Waals surface area (Å²) in [6, 6.07) is 9.75. The highest BCUT2D eigenvalue weighted by Gasteiger charge is 2.19. The second-order valence-corrected chi connectivity index (χ2v) is 7.27. The Morgan fingerprint density at radius 1 is 1.38 bits per heavy atom. The van der Waals surface area contributed by atoms with Crippen LogP contribution in [0, 0.1) is 11.3 Å². The zero-order chi connectivity index (χ0) is 17.1. The number of nitrogens with zero attached hydrogens (tertiary/aromatic N) is 4. The summed E-state index contributed by atoms with van der Waals surface area (Å²) in [5.74, 6) is 0.771. The number of imidazole rings is 1. The van der Waals surface area contributed by atoms with Crippen LogP contribution in [0.1, 0.15) is 18.7 Å². The molecule has 1 aliphatic rings. The van der Waals surface area contributed by atoms with Crippen molar-refractivity contribution < 1.29 is 5.11 Å². The van der Waals surface area contributed by atoms with Gasteiger partial charge in [-0.1, -0.05) is 36.1 Å². The lowest BCUT2D eigenvalue weighted by atomic mass is 10.2. The number of thiocarbonyl (C=S) groups is 1. The van der Waals surface area contributed by atoms with Crippen molar-refractivity contribution in [2.24, 2.45) is 7.05 Å². The summed E-state index contributed by atoms with van der Waals surface area (Å²) in [4.78, 5) is 6.63. The van der Waals surface area contributed by atoms with Gasteiger partial charge in [0.2, 0.25) is 0 Å². The number of nitriles is 1. The summed E-state index contributed by atoms with van der Waals surface area (Å²) in [6.45, 7) is 1.96. The summed E-state index contributed by atoms with van der Waals surface area (Å²) < 4.78 is 2.61. The maximum Gasteiger partial charge on any atom is 0.155 e. The average Bonchev–Trinajstić information content (AvgIpc) is 3.23. The molecule has 5 nitrogen and oxygen atoms in total. The van der Waals surface area contributed by atoms with E-state index in [4.69, 9.17) is 12.2 Å². The quantitative estimate of drug-likeness (QED) is 0.515. The van der Waals surface area contributed by atoms with Gasteiger partial charge in [-0.3, -0.25) is 0 Å². The summed E-state index contributed by atoms with van der Waals surface area (Å²) in [6.07, 6.45) is 2.32. The first-order chi connectivity index (χ1) is 11.6. The lowest BCUT2D eigenvalue weighted by Gasteiger charge is -2.17. The molecule has 0 atom stereocenters. The lowest BCUT2D eigenvalue weighted by molar-refractivity contribution is 0.420. The van der Waals surface area contributed by atoms with Crippen LogP contribution >= 0.6 is 24.0 Å². The molecule has 2 aromatic rings. The summed E-state index contributed by atoms with van der Waals surface area (Å²) in [5, 5.41) is 19.9. The number of rotatable bonds is 3. The number of aromatic nitrogens is 2. The fraction of sp³-hybridized carbons (Fsp3) is 0.353. The molecule has 7 heteroatoms. The van der Waals surface area contributed by atoms with Crippen molar-refractivity contribution in [3.8, 4) is 6.07 Å². The predicted octanol–water partition coefficient (Wildman–Crippen LogP) is 3.48. The van der Waals surface area contributed by atoms with Gasteiger partial charge in [-0.25, -0.2) is 4.98 Å². The molecule has 0 saturated carbocycles. The van der Waals surface area contributed by atoms with Gasteiger partial charge in [0.15, 0.2) is 5.82 Å². The van der Waals surface area contributed by atoms with Gasteiger partial charge < -0.3 is 14.6 Å². The highest BCUT2D eigenvalue weighted by Crippen LogP contribution is 2.24. The van der Waals surface area contributed by atoms with E-state index in [1.165, 1.54) is 11.8 Å². The van der Waals surface area contributed by atoms with Gasteiger partial charge in [-0.2, -0.15) is 5.26 Å². The molecule has 3 rings (SSSR count). The van der Waals surface area contributed by atoms with Crippen LogP contribution < -0.4 is 0 Å². The second-order valence-electron chi connectivity index (χ2n) is 5.67. The number of hydrogen-bond donors (Lipinski definition) is 1. The number of fused-ring (bicyclic) bond motifs is 1. The Labute approximate surface area is 150 Å². The van der Waals surface area contributed by atoms with E-state index in [0.29, 0.717) is 5.82 Å². The van der Waals surface area contributed by atoms with E-state index in [1.54, 1.807) is 0 Å². The Morgan fingerprint density at radius 3 is 2.75 bits per heavy atom. The Bertz CT molecular complexity index is 844. The SMILES string of the molecule is Cn1c(/C(C#N)=C(\O)CSC(=S)N2CCCC2)nc2ccccc21. The molecule has 0 radical (unpaired) electrons. The molecule has 2 heterocycles. The zero-order valence-corrected chi connectivity index (χ0v) is 15.0. The smallest absolute Gasteiger partial charge is 0.155 e. The van der Waals surface area contributed by atoms with Gasteiger partial charge in [-0.15, -0.1) is 0 Å². The van der Waals surface area contributed by atoms with Crippen LogP contribution in [0.4, 0.5) is 0 Å². The standard InChI is InChI=1S/C17H18N4OS2/c1-20-14-7-3-2-6-13(14)19-16(20)12(10-18)15(22)11-24-17(23)21-8-4-5-9-21/h2-3,6-7,22H,4-5,8-9,11H2,1H3/b15-12-. The first-order valence-electron chi connectivity index (χ1n) is 7.77. The maximum absolute atomic E-state index is 10.4. The average molecular weight is 358 g/mol. The number of allylic oxidation sites excluding steroid dienone is 1. The van der Waals surface area contributed by atoms with E-state index in [-0.39, 0.29) is 17.1 Å². The number of likely N-dealkylation sites (tertiary alicyclic amines) is 1. The number of thioether (sulfide) groups is 1. The fourth-order valence-corrected chi connectivity index (χ4v) is 3.94. The monoisotopic (exact) mass is 358 g/mol. The van der Waals surface area contributed by atoms with Gasteiger partial charge in [0.05, 0.1) is 16.8 Å². The van der Waals surface area contributed by atoms with Crippen molar-refractivity contribution in [2.45, 2.75) is 12.8 Å². The van der Waals surface area contributed by atoms with Crippen LogP contribution in [0.15, 0.2) is 30.0 Å². The van der Waals surface area contributed by atoms with Crippen molar-refractivity contribution in [3.05, 3.63) is 35.8 Å². The first kappa shape index (κ1) is 16.8. The van der Waals surface area contributed by atoms with Crippen LogP contribution in [-0.4, -0.2) is 42.7 Å². The molecule has 124 valence electrons. The Hall–Kier alpha value is -2.04. The molecule has 1 aliphatic heterocycles. The van der Waals surface area contributed by atoms with Crippen LogP contribution in [-0.2, 0) is 7.05 Å². The van der Waals surface area contributed by atoms with Crippen molar-refractivity contribution in [1.82, 2.24) is 14.5 Å². The Kier molecular flexibility index (Phi) is 5.07. The fourth-order valence-electron chi connectivity index (χ4n) is 2.81. The van der Waals surface area contributed by atoms with Crippen LogP contribution in [0.5, 0.6) is 0 Å². The minimum atomic E-state index is 0.0162. The van der Waals surface area contributed by atoms with Gasteiger partial charge >= 0.3 is 0 Å². The van der Waals surface area contributed by atoms with Gasteiger partial charge in [-0.05, 0) is 25.0 Å². The number of benzene rings is 1. The van der Waals surface area contributed by atoms with E-state index < -0.39 is 0 Å². The Balaban J connectivity index is 1.83. The largest absolute Gasteiger partial charge is 0.510 e. The molecule has 0 bridgehead atoms. The lowest BCUT2D eigenvalue weighted by Crippen LogP contribution is -2.23. The number of aliphatic hydroxyl groups is 1. The predicted molar refractivity (Wildman–Crippen MR) is 102 cm³/mol. The first-order valence-corrected chi connectivity index (χ1v) is 9.17. The molecule has 1 fully saturated rings. The molecule has 0 unspecified atom stereocenters. The zero-order valence-electron chi connectivity index (χ0n) is 13.4. The molecule has 1 aromatic carbocycles. The Morgan fingerprint density at radius 2 is 2.08 bits per heavy atom. The third-order valence-electron chi connectivity index (χ3n) is 4.11. The van der Waals surface area contributed by atoms with Crippen LogP contribution in [0.3, 0.4) is 0 Å². The molecule has 0 spiro atoms. The summed E-state index contributed by atoms with van der Waals surface area (Å²) >= 11 is 6.80. The normalized spacial score (nSPS) is 15.4. The van der Waals surface area contributed by atoms with Crippen molar-refractivity contribution in [3.63, 3.8) is 0 Å². The number of hydrogen-bond acceptors (Lipinski definition) is 5. The minimum Gasteiger partial charge on any atom is -0.510 e. The summed E-state index contributed by atoms with van der Waals surface area (Å²) in [7, 11) is 1.84. The number of para-hydroxylation sites is 2. The van der Waals surface area contributed by atoms with Crippen molar-refractivity contribution >= 4 is 44.9 Å². The number of aryl methyl sites for hydroxylation is 1. The van der Waals surface area contributed by atoms with Gasteiger partial charge in [0, 0.05) is 20.1 Å². The van der Waals surface area contributed by atoms with Crippen LogP contribution in [0.2, 0.25) is 0 Å². The molecule has 1 aromatic heterocycles. The van der Waals surface area contributed by atoms with E-state index in [2.05, 4.69) is 16.0 Å². The van der Waals surface area contributed by atoms with E-state index >= 15 is 0 Å². The minimum absolute atomic E-state index is 0.0162. The highest BCUT2D eigenvalue weighted by molar-refractivity contribution is 8.23. The molecule has 0 amide bonds. The van der Waals surface area contributed by atoms with E-state index in [1.807, 2.05) is 35.9 Å². The van der Waals surface area contributed by atoms with E-state index in [0.717, 1.165) is 41.3 Å². The molecule has 24 heavy (non-hydrogen) atoms. The molecular formula is C17H18N4OS2.